The van der Waals surface area contributed by atoms with E-state index in [0.29, 0.717) is 0 Å². The van der Waals surface area contributed by atoms with Crippen LogP contribution in [0.2, 0.25) is 0 Å². The molecule has 0 amide bonds. The summed E-state index contributed by atoms with van der Waals surface area (Å²) >= 11 is 0. The van der Waals surface area contributed by atoms with Crippen molar-refractivity contribution in [3.05, 3.63) is 35.4 Å². The molecule has 1 aromatic carbocycles. The summed E-state index contributed by atoms with van der Waals surface area (Å²) in [6.07, 6.45) is 2.73. The minimum absolute atomic E-state index is 0.797. The Hall–Kier alpha value is -1.81. The van der Waals surface area contributed by atoms with Gasteiger partial charge in [-0.05, 0) is 36.9 Å². The van der Waals surface area contributed by atoms with E-state index >= 15 is 0 Å². The van der Waals surface area contributed by atoms with Crippen molar-refractivity contribution in [2.45, 2.75) is 20.4 Å². The molecule has 0 bridgehead atoms. The van der Waals surface area contributed by atoms with Crippen molar-refractivity contribution in [2.75, 3.05) is 20.2 Å². The Morgan fingerprint density at radius 3 is 2.58 bits per heavy atom. The van der Waals surface area contributed by atoms with Crippen LogP contribution in [0.4, 0.5) is 0 Å². The van der Waals surface area contributed by atoms with Crippen LogP contribution in [0.15, 0.2) is 24.3 Å². The van der Waals surface area contributed by atoms with Crippen LogP contribution in [-0.2, 0) is 11.3 Å². The fourth-order valence-electron chi connectivity index (χ4n) is 1.88. The molecule has 0 aliphatic rings. The lowest BCUT2D eigenvalue weighted by atomic mass is 10.1. The summed E-state index contributed by atoms with van der Waals surface area (Å²) in [5, 5.41) is 8.65. The molecular formula is C15H21NO3. The molecule has 0 aromatic heterocycles. The molecule has 1 aromatic rings. The number of carbonyl (C=O) groups is 1. The summed E-state index contributed by atoms with van der Waals surface area (Å²) in [5.41, 5.74) is 1.93. The van der Waals surface area contributed by atoms with Crippen LogP contribution >= 0.6 is 0 Å². The van der Waals surface area contributed by atoms with E-state index < -0.39 is 5.97 Å². The average Bonchev–Trinajstić information content (AvgIpc) is 2.42. The summed E-state index contributed by atoms with van der Waals surface area (Å²) in [7, 11) is 1.65. The minimum atomic E-state index is -0.943. The first kappa shape index (κ1) is 15.2. The lowest BCUT2D eigenvalue weighted by Gasteiger charge is -2.20. The van der Waals surface area contributed by atoms with E-state index in [1.165, 1.54) is 0 Å². The maximum absolute atomic E-state index is 10.5. The highest BCUT2D eigenvalue weighted by Gasteiger charge is 2.07. The smallest absolute Gasteiger partial charge is 0.328 e. The zero-order chi connectivity index (χ0) is 14.3. The minimum Gasteiger partial charge on any atom is -0.496 e. The van der Waals surface area contributed by atoms with Crippen molar-refractivity contribution >= 4 is 12.0 Å². The Labute approximate surface area is 114 Å². The Balaban J connectivity index is 2.98. The van der Waals surface area contributed by atoms with E-state index in [2.05, 4.69) is 18.7 Å². The van der Waals surface area contributed by atoms with Gasteiger partial charge in [-0.1, -0.05) is 19.9 Å². The van der Waals surface area contributed by atoms with E-state index in [0.717, 1.165) is 42.6 Å². The number of carboxylic acid groups (broad SMARTS) is 1. The first-order valence-electron chi connectivity index (χ1n) is 6.41. The van der Waals surface area contributed by atoms with Crippen LogP contribution in [0, 0.1) is 0 Å². The first-order chi connectivity index (χ1) is 9.10. The Morgan fingerprint density at radius 1 is 1.37 bits per heavy atom. The van der Waals surface area contributed by atoms with Gasteiger partial charge in [0.15, 0.2) is 0 Å². The standard InChI is InChI=1S/C15H21NO3/c1-4-16(5-2)11-13-10-12(7-9-15(17)18)6-8-14(13)19-3/h6-10H,4-5,11H2,1-3H3,(H,17,18)/b9-7+. The predicted molar refractivity (Wildman–Crippen MR) is 76.3 cm³/mol. The van der Waals surface area contributed by atoms with Gasteiger partial charge in [0, 0.05) is 18.2 Å². The molecule has 1 N–H and O–H groups in total. The Morgan fingerprint density at radius 2 is 2.05 bits per heavy atom. The second-order valence-corrected chi connectivity index (χ2v) is 4.20. The van der Waals surface area contributed by atoms with Crippen molar-refractivity contribution < 1.29 is 14.6 Å². The van der Waals surface area contributed by atoms with Gasteiger partial charge >= 0.3 is 5.97 Å². The van der Waals surface area contributed by atoms with Gasteiger partial charge in [0.2, 0.25) is 0 Å². The monoisotopic (exact) mass is 263 g/mol. The Kier molecular flexibility index (Phi) is 6.09. The van der Waals surface area contributed by atoms with Crippen LogP contribution in [-0.4, -0.2) is 36.2 Å². The third-order valence-electron chi connectivity index (χ3n) is 3.01. The molecule has 104 valence electrons. The maximum atomic E-state index is 10.5. The molecule has 0 radical (unpaired) electrons. The third kappa shape index (κ3) is 4.75. The number of carboxylic acids is 1. The van der Waals surface area contributed by atoms with Gasteiger partial charge in [0.05, 0.1) is 7.11 Å². The molecule has 0 spiro atoms. The third-order valence-corrected chi connectivity index (χ3v) is 3.01. The van der Waals surface area contributed by atoms with Gasteiger partial charge < -0.3 is 9.84 Å². The summed E-state index contributed by atoms with van der Waals surface area (Å²) in [6.45, 7) is 6.96. The van der Waals surface area contributed by atoms with E-state index in [9.17, 15) is 4.79 Å². The zero-order valence-corrected chi connectivity index (χ0v) is 11.7. The lowest BCUT2D eigenvalue weighted by Crippen LogP contribution is -2.22. The molecule has 0 atom stereocenters. The highest BCUT2D eigenvalue weighted by molar-refractivity contribution is 5.85. The van der Waals surface area contributed by atoms with Gasteiger partial charge in [-0.3, -0.25) is 4.90 Å². The predicted octanol–water partition coefficient (Wildman–Crippen LogP) is 2.63. The fourth-order valence-corrected chi connectivity index (χ4v) is 1.88. The van der Waals surface area contributed by atoms with Crippen LogP contribution in [0.25, 0.3) is 6.08 Å². The van der Waals surface area contributed by atoms with Crippen molar-refractivity contribution in [1.29, 1.82) is 0 Å². The van der Waals surface area contributed by atoms with Gasteiger partial charge in [0.1, 0.15) is 5.75 Å². The second-order valence-electron chi connectivity index (χ2n) is 4.20. The maximum Gasteiger partial charge on any atom is 0.328 e. The number of ether oxygens (including phenoxy) is 1. The molecule has 0 aliphatic heterocycles. The van der Waals surface area contributed by atoms with E-state index in [1.54, 1.807) is 13.2 Å². The molecule has 0 saturated carbocycles. The highest BCUT2D eigenvalue weighted by atomic mass is 16.5. The van der Waals surface area contributed by atoms with E-state index in [4.69, 9.17) is 9.84 Å². The van der Waals surface area contributed by atoms with Gasteiger partial charge in [-0.2, -0.15) is 0 Å². The number of rotatable bonds is 7. The quantitative estimate of drug-likeness (QED) is 0.768. The SMILES string of the molecule is CCN(CC)Cc1cc(/C=C/C(=O)O)ccc1OC. The molecule has 0 heterocycles. The summed E-state index contributed by atoms with van der Waals surface area (Å²) in [6, 6.07) is 5.70. The van der Waals surface area contributed by atoms with E-state index in [1.807, 2.05) is 18.2 Å². The lowest BCUT2D eigenvalue weighted by molar-refractivity contribution is -0.131. The molecular weight excluding hydrogens is 242 g/mol. The Bertz CT molecular complexity index is 451. The molecule has 4 heteroatoms. The van der Waals surface area contributed by atoms with Gasteiger partial charge in [0.25, 0.3) is 0 Å². The van der Waals surface area contributed by atoms with Crippen LogP contribution in [0.1, 0.15) is 25.0 Å². The van der Waals surface area contributed by atoms with Crippen molar-refractivity contribution in [1.82, 2.24) is 4.90 Å². The molecule has 4 nitrogen and oxygen atoms in total. The molecule has 0 fully saturated rings. The second kappa shape index (κ2) is 7.59. The average molecular weight is 263 g/mol. The highest BCUT2D eigenvalue weighted by Crippen LogP contribution is 2.22. The largest absolute Gasteiger partial charge is 0.496 e. The molecule has 1 rings (SSSR count). The summed E-state index contributed by atoms with van der Waals surface area (Å²) in [4.78, 5) is 12.8. The molecule has 0 unspecified atom stereocenters. The van der Waals surface area contributed by atoms with Crippen LogP contribution in [0.3, 0.4) is 0 Å². The summed E-state index contributed by atoms with van der Waals surface area (Å²) in [5.74, 6) is -0.111. The van der Waals surface area contributed by atoms with Gasteiger partial charge in [-0.15, -0.1) is 0 Å². The summed E-state index contributed by atoms with van der Waals surface area (Å²) < 4.78 is 5.35. The number of hydrogen-bond acceptors (Lipinski definition) is 3. The number of methoxy groups -OCH3 is 1. The van der Waals surface area contributed by atoms with Gasteiger partial charge in [-0.25, -0.2) is 4.79 Å². The fraction of sp³-hybridized carbons (Fsp3) is 0.400. The zero-order valence-electron chi connectivity index (χ0n) is 11.7. The van der Waals surface area contributed by atoms with Crippen LogP contribution in [0.5, 0.6) is 5.75 Å². The number of hydrogen-bond donors (Lipinski definition) is 1. The number of aliphatic carboxylic acids is 1. The normalized spacial score (nSPS) is 11.2. The van der Waals surface area contributed by atoms with E-state index in [-0.39, 0.29) is 0 Å². The molecule has 0 saturated heterocycles. The van der Waals surface area contributed by atoms with Crippen molar-refractivity contribution in [3.8, 4) is 5.75 Å². The first-order valence-corrected chi connectivity index (χ1v) is 6.41. The van der Waals surface area contributed by atoms with Crippen LogP contribution < -0.4 is 4.74 Å². The molecule has 19 heavy (non-hydrogen) atoms. The number of benzene rings is 1. The van der Waals surface area contributed by atoms with Crippen molar-refractivity contribution in [2.24, 2.45) is 0 Å². The number of nitrogens with zero attached hydrogens (tertiary/aromatic N) is 1. The topological polar surface area (TPSA) is 49.8 Å². The van der Waals surface area contributed by atoms with Crippen molar-refractivity contribution in [3.63, 3.8) is 0 Å². The molecule has 0 aliphatic carbocycles.